The number of hydrogen-bond donors (Lipinski definition) is 0. The van der Waals surface area contributed by atoms with Crippen molar-refractivity contribution >= 4 is 44.7 Å². The van der Waals surface area contributed by atoms with Crippen molar-refractivity contribution in [3.8, 4) is 0 Å². The van der Waals surface area contributed by atoms with E-state index in [4.69, 9.17) is 0 Å². The predicted molar refractivity (Wildman–Crippen MR) is 122 cm³/mol. The third-order valence-corrected chi connectivity index (χ3v) is 4.82. The maximum absolute atomic E-state index is 3.12. The molecule has 4 heteroatoms. The largest absolute Gasteiger partial charge is 2.00 e. The SMILES string of the molecule is CC1=[C-]CC=C1.Cl.Cl.[C-]1=CC=CC1.[Zr+2].c1ccc([SiH]c2ccccc2)cc1. The second kappa shape index (κ2) is 18.4. The van der Waals surface area contributed by atoms with Crippen LogP contribution in [-0.4, -0.2) is 9.52 Å². The summed E-state index contributed by atoms with van der Waals surface area (Å²) in [4.78, 5) is 0. The summed E-state index contributed by atoms with van der Waals surface area (Å²) < 4.78 is 0. The minimum absolute atomic E-state index is 0. The first kappa shape index (κ1) is 28.3. The summed E-state index contributed by atoms with van der Waals surface area (Å²) >= 11 is 0. The van der Waals surface area contributed by atoms with E-state index in [0.717, 1.165) is 12.8 Å². The zero-order chi connectivity index (χ0) is 16.9. The van der Waals surface area contributed by atoms with Crippen LogP contribution in [0.4, 0.5) is 0 Å². The number of halogens is 2. The van der Waals surface area contributed by atoms with E-state index in [9.17, 15) is 0 Å². The van der Waals surface area contributed by atoms with E-state index in [1.54, 1.807) is 0 Å². The Morgan fingerprint density at radius 3 is 1.59 bits per heavy atom. The van der Waals surface area contributed by atoms with Crippen LogP contribution in [0.15, 0.2) is 96.6 Å². The molecule has 0 nitrogen and oxygen atoms in total. The van der Waals surface area contributed by atoms with E-state index in [0.29, 0.717) is 0 Å². The standard InChI is InChI=1S/C12H11Si.C6H7.C5H5.2ClH.Zr/c1-3-7-11(8-4-1)13-12-9-5-2-6-10-12;1-6-4-2-3-5-6;1-2-4-5-3-1;;;/h1-10,13H;2,4H,3H2,1H3;1-3H,4H2;2*1H;/q;2*-1;;;+2. The summed E-state index contributed by atoms with van der Waals surface area (Å²) in [5.41, 5.74) is 1.27. The fraction of sp³-hybridized carbons (Fsp3) is 0.130. The molecule has 0 spiro atoms. The van der Waals surface area contributed by atoms with Crippen molar-refractivity contribution in [3.63, 3.8) is 0 Å². The van der Waals surface area contributed by atoms with Crippen LogP contribution in [0.1, 0.15) is 19.8 Å². The molecule has 0 bridgehead atoms. The van der Waals surface area contributed by atoms with Crippen LogP contribution in [0.25, 0.3) is 0 Å². The zero-order valence-corrected chi connectivity index (χ0v) is 20.7. The molecule has 0 atom stereocenters. The van der Waals surface area contributed by atoms with Crippen LogP contribution in [0, 0.1) is 12.2 Å². The van der Waals surface area contributed by atoms with Gasteiger partial charge in [-0.3, -0.25) is 12.2 Å². The van der Waals surface area contributed by atoms with Gasteiger partial charge in [-0.25, -0.2) is 23.8 Å². The van der Waals surface area contributed by atoms with Gasteiger partial charge in [0.25, 0.3) is 0 Å². The van der Waals surface area contributed by atoms with E-state index in [1.807, 2.05) is 12.2 Å². The average molecular weight is 492 g/mol. The first-order valence-corrected chi connectivity index (χ1v) is 9.40. The van der Waals surface area contributed by atoms with Crippen LogP contribution in [0.2, 0.25) is 0 Å². The summed E-state index contributed by atoms with van der Waals surface area (Å²) in [6, 6.07) is 21.3. The zero-order valence-electron chi connectivity index (χ0n) is 15.5. The number of hydrogen-bond acceptors (Lipinski definition) is 0. The molecular formula is C23H25Cl2SiZr. The maximum atomic E-state index is 3.12. The summed E-state index contributed by atoms with van der Waals surface area (Å²) in [7, 11) is 0.271. The monoisotopic (exact) mass is 489 g/mol. The summed E-state index contributed by atoms with van der Waals surface area (Å²) in [6.07, 6.45) is 18.3. The molecule has 0 aromatic heterocycles. The first-order chi connectivity index (χ1) is 11.8. The van der Waals surface area contributed by atoms with Gasteiger partial charge in [-0.1, -0.05) is 78.0 Å². The maximum Gasteiger partial charge on any atom is 2.00 e. The molecule has 2 aliphatic carbocycles. The topological polar surface area (TPSA) is 0 Å². The van der Waals surface area contributed by atoms with E-state index in [-0.39, 0.29) is 60.5 Å². The van der Waals surface area contributed by atoms with Gasteiger partial charge in [-0.15, -0.1) is 37.7 Å². The molecule has 4 rings (SSSR count). The quantitative estimate of drug-likeness (QED) is 0.413. The Morgan fingerprint density at radius 2 is 1.33 bits per heavy atom. The molecule has 139 valence electrons. The molecule has 27 heavy (non-hydrogen) atoms. The van der Waals surface area contributed by atoms with Gasteiger partial charge in [0.05, 0.1) is 0 Å². The minimum Gasteiger partial charge on any atom is -0.273 e. The Hall–Kier alpha value is -0.920. The Bertz CT molecular complexity index is 657. The molecule has 2 aromatic carbocycles. The van der Waals surface area contributed by atoms with Crippen LogP contribution in [0.5, 0.6) is 0 Å². The second-order valence-corrected chi connectivity index (χ2v) is 7.06. The molecular weight excluding hydrogens is 466 g/mol. The number of benzene rings is 2. The summed E-state index contributed by atoms with van der Waals surface area (Å²) in [5, 5.41) is 2.90. The molecule has 0 saturated carbocycles. The van der Waals surface area contributed by atoms with Gasteiger partial charge in [0.15, 0.2) is 0 Å². The molecule has 0 saturated heterocycles. The Morgan fingerprint density at radius 1 is 0.778 bits per heavy atom. The van der Waals surface area contributed by atoms with Crippen molar-refractivity contribution in [2.24, 2.45) is 0 Å². The van der Waals surface area contributed by atoms with Crippen LogP contribution in [-0.2, 0) is 26.2 Å². The van der Waals surface area contributed by atoms with E-state index >= 15 is 0 Å². The molecule has 0 heterocycles. The van der Waals surface area contributed by atoms with Crippen molar-refractivity contribution < 1.29 is 26.2 Å². The third kappa shape index (κ3) is 13.8. The molecule has 1 radical (unpaired) electrons. The normalized spacial score (nSPS) is 12.1. The van der Waals surface area contributed by atoms with Crippen molar-refractivity contribution in [1.29, 1.82) is 0 Å². The van der Waals surface area contributed by atoms with Gasteiger partial charge < -0.3 is 0 Å². The molecule has 0 N–H and O–H groups in total. The fourth-order valence-electron chi connectivity index (χ4n) is 2.15. The van der Waals surface area contributed by atoms with Crippen molar-refractivity contribution in [1.82, 2.24) is 0 Å². The molecule has 2 aromatic rings. The Balaban J connectivity index is 0. The van der Waals surface area contributed by atoms with Crippen molar-refractivity contribution in [3.05, 3.63) is 109 Å². The Kier molecular flexibility index (Phi) is 19.3. The third-order valence-electron chi connectivity index (χ3n) is 3.38. The predicted octanol–water partition coefficient (Wildman–Crippen LogP) is 4.92. The molecule has 0 aliphatic heterocycles. The van der Waals surface area contributed by atoms with Crippen LogP contribution in [0.3, 0.4) is 0 Å². The molecule has 0 unspecified atom stereocenters. The van der Waals surface area contributed by atoms with Gasteiger partial charge in [0.1, 0.15) is 9.52 Å². The van der Waals surface area contributed by atoms with Gasteiger partial charge in [0.2, 0.25) is 0 Å². The molecule has 0 amide bonds. The van der Waals surface area contributed by atoms with Crippen LogP contribution < -0.4 is 10.4 Å². The number of rotatable bonds is 2. The first-order valence-electron chi connectivity index (χ1n) is 8.25. The minimum atomic E-state index is 0. The molecule has 2 aliphatic rings. The van der Waals surface area contributed by atoms with Gasteiger partial charge in [-0.05, 0) is 0 Å². The van der Waals surface area contributed by atoms with E-state index in [1.165, 1.54) is 15.9 Å². The summed E-state index contributed by atoms with van der Waals surface area (Å²) in [6.45, 7) is 2.06. The van der Waals surface area contributed by atoms with E-state index < -0.39 is 0 Å². The van der Waals surface area contributed by atoms with E-state index in [2.05, 4.69) is 98.0 Å². The summed E-state index contributed by atoms with van der Waals surface area (Å²) in [5.74, 6) is 0. The average Bonchev–Trinajstić information content (AvgIpc) is 3.34. The second-order valence-electron chi connectivity index (χ2n) is 5.44. The van der Waals surface area contributed by atoms with Crippen molar-refractivity contribution in [2.45, 2.75) is 19.8 Å². The van der Waals surface area contributed by atoms with Gasteiger partial charge in [-0.2, -0.15) is 12.2 Å². The smallest absolute Gasteiger partial charge is 0.273 e. The van der Waals surface area contributed by atoms with Crippen molar-refractivity contribution in [2.75, 3.05) is 0 Å². The fourth-order valence-corrected chi connectivity index (χ4v) is 3.36. The van der Waals surface area contributed by atoms with Gasteiger partial charge in [0, 0.05) is 0 Å². The Labute approximate surface area is 198 Å². The number of allylic oxidation sites excluding steroid dienone is 8. The molecule has 0 fully saturated rings. The van der Waals surface area contributed by atoms with Gasteiger partial charge >= 0.3 is 26.2 Å². The van der Waals surface area contributed by atoms with Crippen LogP contribution >= 0.6 is 24.8 Å².